The van der Waals surface area contributed by atoms with Crippen LogP contribution in [0.15, 0.2) is 36.1 Å². The van der Waals surface area contributed by atoms with Crippen molar-refractivity contribution in [1.82, 2.24) is 0 Å². The van der Waals surface area contributed by atoms with E-state index in [1.54, 1.807) is 24.3 Å². The number of allylic oxidation sites excluding steroid dienone is 1. The van der Waals surface area contributed by atoms with E-state index in [9.17, 15) is 9.90 Å². The average molecular weight is 180 g/mol. The molecule has 0 radical (unpaired) electrons. The van der Waals surface area contributed by atoms with E-state index in [-0.39, 0.29) is 41.1 Å². The third-order valence-electron chi connectivity index (χ3n) is 1.77. The summed E-state index contributed by atoms with van der Waals surface area (Å²) in [6.45, 7) is 0. The molecule has 0 saturated heterocycles. The SMILES string of the molecule is O=C1C=C=C([O-])c2ccccc21.[Na+]. The summed E-state index contributed by atoms with van der Waals surface area (Å²) in [5.74, 6) is -0.365. The minimum absolute atomic E-state index is 0. The second-order valence-electron chi connectivity index (χ2n) is 2.53. The van der Waals surface area contributed by atoms with Crippen LogP contribution in [0, 0.1) is 0 Å². The van der Waals surface area contributed by atoms with E-state index in [1.807, 2.05) is 0 Å². The number of fused-ring (bicyclic) bond motifs is 1. The first-order chi connectivity index (χ1) is 5.79. The number of carbonyl (C=O) groups is 1. The number of carbonyl (C=O) groups excluding carboxylic acids is 1. The third-order valence-corrected chi connectivity index (χ3v) is 1.77. The summed E-state index contributed by atoms with van der Waals surface area (Å²) in [5.41, 5.74) is 3.30. The topological polar surface area (TPSA) is 40.1 Å². The van der Waals surface area contributed by atoms with Crippen molar-refractivity contribution in [3.8, 4) is 0 Å². The van der Waals surface area contributed by atoms with Crippen LogP contribution in [0.2, 0.25) is 0 Å². The van der Waals surface area contributed by atoms with E-state index < -0.39 is 0 Å². The molecule has 0 unspecified atom stereocenters. The van der Waals surface area contributed by atoms with E-state index in [4.69, 9.17) is 0 Å². The summed E-state index contributed by atoms with van der Waals surface area (Å²) in [7, 11) is 0. The zero-order chi connectivity index (χ0) is 8.55. The van der Waals surface area contributed by atoms with Gasteiger partial charge in [0.15, 0.2) is 5.78 Å². The van der Waals surface area contributed by atoms with Crippen LogP contribution in [0.1, 0.15) is 15.9 Å². The molecule has 0 heterocycles. The molecule has 2 nitrogen and oxygen atoms in total. The van der Waals surface area contributed by atoms with Crippen LogP contribution in [0.3, 0.4) is 0 Å². The van der Waals surface area contributed by atoms with Crippen molar-refractivity contribution in [3.05, 3.63) is 47.2 Å². The van der Waals surface area contributed by atoms with Crippen molar-refractivity contribution < 1.29 is 39.5 Å². The summed E-state index contributed by atoms with van der Waals surface area (Å²) in [6.07, 6.45) is 1.19. The molecular formula is C10H5NaO2. The van der Waals surface area contributed by atoms with Crippen LogP contribution in [-0.2, 0) is 0 Å². The van der Waals surface area contributed by atoms with Gasteiger partial charge in [-0.2, -0.15) is 0 Å². The molecule has 1 aromatic carbocycles. The van der Waals surface area contributed by atoms with Crippen LogP contribution in [0.25, 0.3) is 5.76 Å². The Morgan fingerprint density at radius 3 is 2.38 bits per heavy atom. The molecule has 58 valence electrons. The monoisotopic (exact) mass is 180 g/mol. The van der Waals surface area contributed by atoms with Gasteiger partial charge in [-0.3, -0.25) is 4.79 Å². The Hall–Kier alpha value is -0.790. The maximum atomic E-state index is 11.2. The third kappa shape index (κ3) is 1.77. The maximum absolute atomic E-state index is 11.2. The van der Waals surface area contributed by atoms with Crippen LogP contribution in [-0.4, -0.2) is 5.78 Å². The van der Waals surface area contributed by atoms with Gasteiger partial charge in [-0.05, 0) is 5.56 Å². The Morgan fingerprint density at radius 1 is 1.15 bits per heavy atom. The molecular weight excluding hydrogens is 175 g/mol. The predicted molar refractivity (Wildman–Crippen MR) is 42.3 cm³/mol. The van der Waals surface area contributed by atoms with Crippen LogP contribution in [0.4, 0.5) is 0 Å². The van der Waals surface area contributed by atoms with Crippen LogP contribution >= 0.6 is 0 Å². The number of ketones is 1. The summed E-state index contributed by atoms with van der Waals surface area (Å²) in [5, 5.41) is 11.1. The summed E-state index contributed by atoms with van der Waals surface area (Å²) in [6, 6.07) is 6.75. The van der Waals surface area contributed by atoms with E-state index in [0.717, 1.165) is 0 Å². The van der Waals surface area contributed by atoms with E-state index in [0.29, 0.717) is 11.1 Å². The predicted octanol–water partition coefficient (Wildman–Crippen LogP) is -2.26. The Kier molecular flexibility index (Phi) is 3.12. The fourth-order valence-electron chi connectivity index (χ4n) is 1.18. The number of rotatable bonds is 0. The van der Waals surface area contributed by atoms with Crippen molar-refractivity contribution in [2.24, 2.45) is 0 Å². The molecule has 13 heavy (non-hydrogen) atoms. The first-order valence-corrected chi connectivity index (χ1v) is 3.56. The summed E-state index contributed by atoms with van der Waals surface area (Å²) >= 11 is 0. The van der Waals surface area contributed by atoms with E-state index in [2.05, 4.69) is 5.73 Å². The molecule has 2 rings (SSSR count). The van der Waals surface area contributed by atoms with Gasteiger partial charge in [-0.15, -0.1) is 5.73 Å². The second-order valence-corrected chi connectivity index (χ2v) is 2.53. The first kappa shape index (κ1) is 10.3. The van der Waals surface area contributed by atoms with Crippen molar-refractivity contribution in [3.63, 3.8) is 0 Å². The summed E-state index contributed by atoms with van der Waals surface area (Å²) in [4.78, 5) is 11.2. The number of hydrogen-bond donors (Lipinski definition) is 0. The van der Waals surface area contributed by atoms with Crippen LogP contribution in [0.5, 0.6) is 0 Å². The molecule has 0 spiro atoms. The Balaban J connectivity index is 0.000000845. The quantitative estimate of drug-likeness (QED) is 0.334. The maximum Gasteiger partial charge on any atom is 1.00 e. The number of benzene rings is 1. The van der Waals surface area contributed by atoms with Crippen molar-refractivity contribution in [2.75, 3.05) is 0 Å². The molecule has 0 fully saturated rings. The van der Waals surface area contributed by atoms with Gasteiger partial charge >= 0.3 is 29.6 Å². The first-order valence-electron chi connectivity index (χ1n) is 3.56. The Labute approximate surface area is 97.9 Å². The zero-order valence-corrected chi connectivity index (χ0v) is 9.20. The Morgan fingerprint density at radius 2 is 1.77 bits per heavy atom. The molecule has 1 aliphatic carbocycles. The number of hydrogen-bond acceptors (Lipinski definition) is 2. The van der Waals surface area contributed by atoms with E-state index in [1.165, 1.54) is 6.08 Å². The van der Waals surface area contributed by atoms with Gasteiger partial charge < -0.3 is 5.11 Å². The second kappa shape index (κ2) is 3.95. The largest absolute Gasteiger partial charge is 1.00 e. The molecule has 0 bridgehead atoms. The van der Waals surface area contributed by atoms with Gasteiger partial charge in [0.1, 0.15) is 0 Å². The molecule has 1 aliphatic rings. The van der Waals surface area contributed by atoms with E-state index >= 15 is 0 Å². The fourth-order valence-corrected chi connectivity index (χ4v) is 1.18. The van der Waals surface area contributed by atoms with Crippen molar-refractivity contribution in [2.45, 2.75) is 0 Å². The minimum atomic E-state index is -0.217. The molecule has 1 aromatic rings. The van der Waals surface area contributed by atoms with Crippen molar-refractivity contribution in [1.29, 1.82) is 0 Å². The van der Waals surface area contributed by atoms with Crippen LogP contribution < -0.4 is 34.7 Å². The van der Waals surface area contributed by atoms with Crippen molar-refractivity contribution >= 4 is 11.5 Å². The normalized spacial score (nSPS) is 12.9. The Bertz CT molecular complexity index is 415. The molecule has 3 heteroatoms. The standard InChI is InChI=1S/C10H6O2.Na/c11-9-5-6-10(12)8-4-2-1-3-7(8)9;/h1-5,12H;/q;+1/p-1. The van der Waals surface area contributed by atoms with Gasteiger partial charge in [0.25, 0.3) is 0 Å². The molecule has 0 amide bonds. The fraction of sp³-hybridized carbons (Fsp3) is 0. The smallest absolute Gasteiger partial charge is 0.866 e. The van der Waals surface area contributed by atoms with Gasteiger partial charge in [0.05, 0.1) is 0 Å². The zero-order valence-electron chi connectivity index (χ0n) is 7.20. The minimum Gasteiger partial charge on any atom is -0.866 e. The van der Waals surface area contributed by atoms with Gasteiger partial charge in [-0.1, -0.05) is 30.0 Å². The molecule has 0 aliphatic heterocycles. The van der Waals surface area contributed by atoms with Gasteiger partial charge in [0.2, 0.25) is 0 Å². The summed E-state index contributed by atoms with van der Waals surface area (Å²) < 4.78 is 0. The molecule has 0 aromatic heterocycles. The molecule has 0 saturated carbocycles. The molecule has 0 N–H and O–H groups in total. The van der Waals surface area contributed by atoms with Gasteiger partial charge in [-0.25, -0.2) is 0 Å². The average Bonchev–Trinajstić information content (AvgIpc) is 2.12. The van der Waals surface area contributed by atoms with Gasteiger partial charge in [0, 0.05) is 11.6 Å². The molecule has 0 atom stereocenters.